The summed E-state index contributed by atoms with van der Waals surface area (Å²) in [7, 11) is 3.17. The van der Waals surface area contributed by atoms with Crippen molar-refractivity contribution < 1.29 is 9.47 Å². The number of aromatic nitrogens is 3. The molecule has 96 valence electrons. The van der Waals surface area contributed by atoms with Crippen molar-refractivity contribution in [3.05, 3.63) is 34.3 Å². The first-order chi connectivity index (χ1) is 8.69. The Morgan fingerprint density at radius 1 is 1.33 bits per heavy atom. The Morgan fingerprint density at radius 3 is 2.67 bits per heavy atom. The second-order valence-electron chi connectivity index (χ2n) is 3.55. The van der Waals surface area contributed by atoms with E-state index in [1.54, 1.807) is 14.2 Å². The molecule has 3 N–H and O–H groups in total. The standard InChI is InChI=1S/C11H13BrN4O2/c1-17-7-4-3-6(10(18-2)8(7)12)9(13)11-14-5-15-16-11/h3-5,9H,13H2,1-2H3,(H,14,15,16). The first-order valence-electron chi connectivity index (χ1n) is 5.20. The zero-order valence-corrected chi connectivity index (χ0v) is 11.6. The van der Waals surface area contributed by atoms with Gasteiger partial charge in [-0.3, -0.25) is 5.10 Å². The van der Waals surface area contributed by atoms with Crippen LogP contribution < -0.4 is 15.2 Å². The predicted molar refractivity (Wildman–Crippen MR) is 69.7 cm³/mol. The minimum Gasteiger partial charge on any atom is -0.495 e. The third-order valence-electron chi connectivity index (χ3n) is 2.58. The number of ether oxygens (including phenoxy) is 2. The summed E-state index contributed by atoms with van der Waals surface area (Å²) in [5.74, 6) is 1.88. The van der Waals surface area contributed by atoms with Crippen LogP contribution in [0.2, 0.25) is 0 Å². The topological polar surface area (TPSA) is 86.0 Å². The molecule has 6 nitrogen and oxygen atoms in total. The van der Waals surface area contributed by atoms with E-state index in [0.29, 0.717) is 17.3 Å². The van der Waals surface area contributed by atoms with Crippen LogP contribution in [-0.2, 0) is 0 Å². The normalized spacial score (nSPS) is 12.2. The van der Waals surface area contributed by atoms with Crippen molar-refractivity contribution in [2.45, 2.75) is 6.04 Å². The van der Waals surface area contributed by atoms with Gasteiger partial charge in [0.15, 0.2) is 0 Å². The van der Waals surface area contributed by atoms with Crippen LogP contribution in [0.5, 0.6) is 11.5 Å². The SMILES string of the molecule is COc1ccc(C(N)c2ncn[nH]2)c(OC)c1Br. The van der Waals surface area contributed by atoms with Crippen LogP contribution in [0.1, 0.15) is 17.4 Å². The molecule has 0 bridgehead atoms. The maximum atomic E-state index is 6.12. The molecule has 1 heterocycles. The Morgan fingerprint density at radius 2 is 2.11 bits per heavy atom. The molecule has 0 saturated heterocycles. The molecule has 0 aliphatic heterocycles. The van der Waals surface area contributed by atoms with Gasteiger partial charge in [0, 0.05) is 5.56 Å². The summed E-state index contributed by atoms with van der Waals surface area (Å²) in [5, 5.41) is 6.53. The van der Waals surface area contributed by atoms with E-state index in [2.05, 4.69) is 31.1 Å². The lowest BCUT2D eigenvalue weighted by Gasteiger charge is -2.16. The minimum atomic E-state index is -0.440. The first kappa shape index (κ1) is 12.8. The zero-order chi connectivity index (χ0) is 13.1. The molecule has 1 aromatic carbocycles. The molecule has 0 spiro atoms. The molecule has 18 heavy (non-hydrogen) atoms. The minimum absolute atomic E-state index is 0.440. The number of nitrogens with two attached hydrogens (primary N) is 1. The number of H-pyrrole nitrogens is 1. The smallest absolute Gasteiger partial charge is 0.145 e. The van der Waals surface area contributed by atoms with Crippen molar-refractivity contribution in [3.63, 3.8) is 0 Å². The molecule has 1 atom stereocenters. The van der Waals surface area contributed by atoms with Crippen molar-refractivity contribution >= 4 is 15.9 Å². The van der Waals surface area contributed by atoms with Crippen LogP contribution >= 0.6 is 15.9 Å². The molecule has 1 unspecified atom stereocenters. The number of halogens is 1. The summed E-state index contributed by atoms with van der Waals surface area (Å²) >= 11 is 3.43. The van der Waals surface area contributed by atoms with Gasteiger partial charge in [0.1, 0.15) is 28.1 Å². The second kappa shape index (κ2) is 5.36. The molecule has 0 amide bonds. The Hall–Kier alpha value is -1.60. The van der Waals surface area contributed by atoms with E-state index in [1.165, 1.54) is 6.33 Å². The van der Waals surface area contributed by atoms with Crippen molar-refractivity contribution in [2.75, 3.05) is 14.2 Å². The molecule has 7 heteroatoms. The average Bonchev–Trinajstić information content (AvgIpc) is 2.91. The quantitative estimate of drug-likeness (QED) is 0.896. The van der Waals surface area contributed by atoms with Crippen molar-refractivity contribution in [3.8, 4) is 11.5 Å². The lowest BCUT2D eigenvalue weighted by molar-refractivity contribution is 0.384. The number of hydrogen-bond donors (Lipinski definition) is 2. The van der Waals surface area contributed by atoms with Gasteiger partial charge in [0.25, 0.3) is 0 Å². The highest BCUT2D eigenvalue weighted by Crippen LogP contribution is 2.39. The summed E-state index contributed by atoms with van der Waals surface area (Å²) in [6, 6.07) is 3.22. The number of methoxy groups -OCH3 is 2. The molecule has 0 aliphatic rings. The highest BCUT2D eigenvalue weighted by molar-refractivity contribution is 9.10. The lowest BCUT2D eigenvalue weighted by Crippen LogP contribution is -2.15. The van der Waals surface area contributed by atoms with Gasteiger partial charge in [-0.15, -0.1) is 0 Å². The van der Waals surface area contributed by atoms with Crippen LogP contribution in [0.3, 0.4) is 0 Å². The molecular weight excluding hydrogens is 300 g/mol. The van der Waals surface area contributed by atoms with Crippen molar-refractivity contribution in [1.29, 1.82) is 0 Å². The first-order valence-corrected chi connectivity index (χ1v) is 5.99. The van der Waals surface area contributed by atoms with Gasteiger partial charge < -0.3 is 15.2 Å². The Labute approximate surface area is 113 Å². The molecule has 0 saturated carbocycles. The van der Waals surface area contributed by atoms with Crippen LogP contribution in [0.15, 0.2) is 22.9 Å². The molecular formula is C11H13BrN4O2. The Balaban J connectivity index is 2.48. The van der Waals surface area contributed by atoms with E-state index < -0.39 is 6.04 Å². The number of aromatic amines is 1. The van der Waals surface area contributed by atoms with Crippen LogP contribution in [0.25, 0.3) is 0 Å². The maximum Gasteiger partial charge on any atom is 0.145 e. The van der Waals surface area contributed by atoms with Crippen molar-refractivity contribution in [2.24, 2.45) is 5.73 Å². The monoisotopic (exact) mass is 312 g/mol. The van der Waals surface area contributed by atoms with E-state index in [0.717, 1.165) is 10.0 Å². The predicted octanol–water partition coefficient (Wildman–Crippen LogP) is 1.63. The second-order valence-corrected chi connectivity index (χ2v) is 4.35. The fourth-order valence-electron chi connectivity index (χ4n) is 1.68. The molecule has 1 aromatic heterocycles. The third kappa shape index (κ3) is 2.19. The van der Waals surface area contributed by atoms with E-state index in [9.17, 15) is 0 Å². The number of rotatable bonds is 4. The summed E-state index contributed by atoms with van der Waals surface area (Å²) in [4.78, 5) is 4.05. The fourth-order valence-corrected chi connectivity index (χ4v) is 2.36. The van der Waals surface area contributed by atoms with E-state index in [1.807, 2.05) is 12.1 Å². The number of benzene rings is 1. The van der Waals surface area contributed by atoms with Gasteiger partial charge in [-0.05, 0) is 28.1 Å². The summed E-state index contributed by atoms with van der Waals surface area (Å²) in [6.07, 6.45) is 1.42. The van der Waals surface area contributed by atoms with Gasteiger partial charge in [0.05, 0.1) is 20.3 Å². The molecule has 2 aromatic rings. The molecule has 0 fully saturated rings. The van der Waals surface area contributed by atoms with Gasteiger partial charge in [-0.2, -0.15) is 5.10 Å². The molecule has 0 radical (unpaired) electrons. The average molecular weight is 313 g/mol. The Bertz CT molecular complexity index is 530. The largest absolute Gasteiger partial charge is 0.495 e. The molecule has 0 aliphatic carbocycles. The summed E-state index contributed by atoms with van der Waals surface area (Å²) in [5.41, 5.74) is 6.92. The van der Waals surface area contributed by atoms with E-state index in [-0.39, 0.29) is 0 Å². The number of nitrogens with zero attached hydrogens (tertiary/aromatic N) is 2. The van der Waals surface area contributed by atoms with Crippen molar-refractivity contribution in [1.82, 2.24) is 15.2 Å². The van der Waals surface area contributed by atoms with Crippen LogP contribution in [0, 0.1) is 0 Å². The van der Waals surface area contributed by atoms with E-state index >= 15 is 0 Å². The number of nitrogens with one attached hydrogen (secondary N) is 1. The van der Waals surface area contributed by atoms with Gasteiger partial charge in [-0.1, -0.05) is 0 Å². The lowest BCUT2D eigenvalue weighted by atomic mass is 10.1. The fraction of sp³-hybridized carbons (Fsp3) is 0.273. The Kier molecular flexibility index (Phi) is 3.83. The van der Waals surface area contributed by atoms with Gasteiger partial charge >= 0.3 is 0 Å². The molecule has 2 rings (SSSR count). The zero-order valence-electron chi connectivity index (χ0n) is 9.98. The van der Waals surface area contributed by atoms with Gasteiger partial charge in [0.2, 0.25) is 0 Å². The van der Waals surface area contributed by atoms with Crippen LogP contribution in [0.4, 0.5) is 0 Å². The maximum absolute atomic E-state index is 6.12. The summed E-state index contributed by atoms with van der Waals surface area (Å²) in [6.45, 7) is 0. The van der Waals surface area contributed by atoms with Gasteiger partial charge in [-0.25, -0.2) is 4.98 Å². The highest BCUT2D eigenvalue weighted by Gasteiger charge is 2.20. The number of hydrogen-bond acceptors (Lipinski definition) is 5. The highest BCUT2D eigenvalue weighted by atomic mass is 79.9. The summed E-state index contributed by atoms with van der Waals surface area (Å²) < 4.78 is 11.3. The van der Waals surface area contributed by atoms with E-state index in [4.69, 9.17) is 15.2 Å². The van der Waals surface area contributed by atoms with Crippen LogP contribution in [-0.4, -0.2) is 29.4 Å². The third-order valence-corrected chi connectivity index (χ3v) is 3.33.